The number of hydrogen-bond donors (Lipinski definition) is 1. The van der Waals surface area contributed by atoms with Gasteiger partial charge < -0.3 is 10.1 Å². The summed E-state index contributed by atoms with van der Waals surface area (Å²) in [4.78, 5) is 0. The molecule has 1 aliphatic carbocycles. The Bertz CT molecular complexity index is 417. The van der Waals surface area contributed by atoms with Crippen LogP contribution in [-0.4, -0.2) is 25.8 Å². The Hall–Kier alpha value is -0.860. The molecule has 0 spiro atoms. The Kier molecular flexibility index (Phi) is 3.40. The van der Waals surface area contributed by atoms with Crippen molar-refractivity contribution in [2.75, 3.05) is 13.7 Å². The number of hydrogen-bond acceptors (Lipinski definition) is 2. The molecular weight excluding hydrogens is 222 g/mol. The number of benzene rings is 1. The lowest BCUT2D eigenvalue weighted by atomic mass is 9.72. The van der Waals surface area contributed by atoms with Crippen molar-refractivity contribution in [3.63, 3.8) is 0 Å². The van der Waals surface area contributed by atoms with Gasteiger partial charge >= 0.3 is 0 Å². The third-order valence-electron chi connectivity index (χ3n) is 4.82. The molecule has 98 valence electrons. The molecule has 0 bridgehead atoms. The van der Waals surface area contributed by atoms with Gasteiger partial charge in [0.15, 0.2) is 0 Å². The van der Waals surface area contributed by atoms with Gasteiger partial charge in [0.2, 0.25) is 0 Å². The van der Waals surface area contributed by atoms with Crippen LogP contribution >= 0.6 is 0 Å². The minimum atomic E-state index is 0.415. The van der Waals surface area contributed by atoms with Crippen molar-refractivity contribution in [3.8, 4) is 0 Å². The van der Waals surface area contributed by atoms with E-state index in [2.05, 4.69) is 43.6 Å². The fourth-order valence-electron chi connectivity index (χ4n) is 3.66. The van der Waals surface area contributed by atoms with Gasteiger partial charge in [-0.05, 0) is 50.3 Å². The summed E-state index contributed by atoms with van der Waals surface area (Å²) in [6.45, 7) is 3.15. The third-order valence-corrected chi connectivity index (χ3v) is 4.82. The molecule has 0 saturated carbocycles. The zero-order chi connectivity index (χ0) is 12.5. The van der Waals surface area contributed by atoms with E-state index in [1.165, 1.54) is 19.3 Å². The molecule has 1 fully saturated rings. The second-order valence-corrected chi connectivity index (χ2v) is 5.76. The summed E-state index contributed by atoms with van der Waals surface area (Å²) in [7, 11) is 2.10. The maximum atomic E-state index is 5.71. The van der Waals surface area contributed by atoms with Crippen LogP contribution in [0.25, 0.3) is 0 Å². The first-order valence-corrected chi connectivity index (χ1v) is 7.16. The van der Waals surface area contributed by atoms with E-state index in [1.54, 1.807) is 11.1 Å². The summed E-state index contributed by atoms with van der Waals surface area (Å²) >= 11 is 0. The van der Waals surface area contributed by atoms with Crippen LogP contribution in [0.1, 0.15) is 36.8 Å². The molecule has 4 unspecified atom stereocenters. The molecule has 4 atom stereocenters. The second-order valence-electron chi connectivity index (χ2n) is 5.76. The Morgan fingerprint density at radius 2 is 2.22 bits per heavy atom. The Labute approximate surface area is 110 Å². The van der Waals surface area contributed by atoms with Crippen molar-refractivity contribution in [1.82, 2.24) is 5.32 Å². The summed E-state index contributed by atoms with van der Waals surface area (Å²) < 4.78 is 5.71. The highest BCUT2D eigenvalue weighted by Gasteiger charge is 2.35. The molecule has 0 radical (unpaired) electrons. The molecular formula is C16H23NO. The van der Waals surface area contributed by atoms with Gasteiger partial charge in [0.1, 0.15) is 0 Å². The third kappa shape index (κ3) is 2.08. The average Bonchev–Trinajstić information content (AvgIpc) is 2.77. The number of nitrogens with one attached hydrogen (secondary N) is 1. The minimum Gasteiger partial charge on any atom is -0.378 e. The van der Waals surface area contributed by atoms with Crippen LogP contribution < -0.4 is 5.32 Å². The first kappa shape index (κ1) is 12.2. The molecule has 2 nitrogen and oxygen atoms in total. The van der Waals surface area contributed by atoms with Crippen molar-refractivity contribution in [2.24, 2.45) is 5.92 Å². The van der Waals surface area contributed by atoms with Crippen LogP contribution in [0.15, 0.2) is 24.3 Å². The first-order chi connectivity index (χ1) is 8.79. The quantitative estimate of drug-likeness (QED) is 0.880. The van der Waals surface area contributed by atoms with Gasteiger partial charge in [0, 0.05) is 18.6 Å². The SMILES string of the molecule is CNC(CC1Cc2ccccc21)C1CCOC1C. The van der Waals surface area contributed by atoms with Gasteiger partial charge in [-0.15, -0.1) is 0 Å². The highest BCUT2D eigenvalue weighted by molar-refractivity contribution is 5.39. The Morgan fingerprint density at radius 3 is 2.89 bits per heavy atom. The maximum Gasteiger partial charge on any atom is 0.0590 e. The van der Waals surface area contributed by atoms with Gasteiger partial charge in [0.25, 0.3) is 0 Å². The lowest BCUT2D eigenvalue weighted by molar-refractivity contribution is 0.0940. The maximum absolute atomic E-state index is 5.71. The monoisotopic (exact) mass is 245 g/mol. The second kappa shape index (κ2) is 5.02. The van der Waals surface area contributed by atoms with E-state index in [9.17, 15) is 0 Å². The number of rotatable bonds is 4. The van der Waals surface area contributed by atoms with Crippen LogP contribution in [0, 0.1) is 5.92 Å². The van der Waals surface area contributed by atoms with Crippen LogP contribution in [0.2, 0.25) is 0 Å². The molecule has 18 heavy (non-hydrogen) atoms. The van der Waals surface area contributed by atoms with Crippen LogP contribution in [0.4, 0.5) is 0 Å². The summed E-state index contributed by atoms with van der Waals surface area (Å²) in [5, 5.41) is 3.52. The van der Waals surface area contributed by atoms with E-state index in [0.29, 0.717) is 18.1 Å². The Balaban J connectivity index is 1.66. The lowest BCUT2D eigenvalue weighted by Gasteiger charge is -2.35. The molecule has 3 rings (SSSR count). The van der Waals surface area contributed by atoms with Crippen LogP contribution in [0.5, 0.6) is 0 Å². The van der Waals surface area contributed by atoms with Gasteiger partial charge in [-0.2, -0.15) is 0 Å². The van der Waals surface area contributed by atoms with Gasteiger partial charge in [-0.1, -0.05) is 24.3 Å². The molecule has 2 aliphatic rings. The fourth-order valence-corrected chi connectivity index (χ4v) is 3.66. The normalized spacial score (nSPS) is 31.8. The van der Waals surface area contributed by atoms with Gasteiger partial charge in [-0.3, -0.25) is 0 Å². The zero-order valence-corrected chi connectivity index (χ0v) is 11.4. The van der Waals surface area contributed by atoms with Crippen molar-refractivity contribution in [2.45, 2.75) is 44.2 Å². The molecule has 0 amide bonds. The van der Waals surface area contributed by atoms with E-state index >= 15 is 0 Å². The van der Waals surface area contributed by atoms with E-state index in [4.69, 9.17) is 4.74 Å². The fraction of sp³-hybridized carbons (Fsp3) is 0.625. The smallest absolute Gasteiger partial charge is 0.0590 e. The van der Waals surface area contributed by atoms with E-state index < -0.39 is 0 Å². The van der Waals surface area contributed by atoms with E-state index in [-0.39, 0.29) is 0 Å². The minimum absolute atomic E-state index is 0.415. The highest BCUT2D eigenvalue weighted by Crippen LogP contribution is 2.40. The standard InChI is InChI=1S/C16H23NO/c1-11-14(7-8-18-11)16(17-2)10-13-9-12-5-3-4-6-15(12)13/h3-6,11,13-14,16-17H,7-10H2,1-2H3. The predicted octanol–water partition coefficient (Wildman–Crippen LogP) is 2.73. The lowest BCUT2D eigenvalue weighted by Crippen LogP contribution is -2.39. The van der Waals surface area contributed by atoms with Crippen LogP contribution in [0.3, 0.4) is 0 Å². The van der Waals surface area contributed by atoms with Crippen molar-refractivity contribution < 1.29 is 4.74 Å². The van der Waals surface area contributed by atoms with E-state index in [0.717, 1.165) is 12.5 Å². The summed E-state index contributed by atoms with van der Waals surface area (Å²) in [6, 6.07) is 9.48. The molecule has 0 aromatic heterocycles. The molecule has 1 N–H and O–H groups in total. The zero-order valence-electron chi connectivity index (χ0n) is 11.4. The van der Waals surface area contributed by atoms with Crippen molar-refractivity contribution >= 4 is 0 Å². The summed E-state index contributed by atoms with van der Waals surface area (Å²) in [6.07, 6.45) is 4.14. The molecule has 1 saturated heterocycles. The molecule has 1 aromatic rings. The summed E-state index contributed by atoms with van der Waals surface area (Å²) in [5.41, 5.74) is 3.12. The van der Waals surface area contributed by atoms with Crippen LogP contribution in [-0.2, 0) is 11.2 Å². The topological polar surface area (TPSA) is 21.3 Å². The number of fused-ring (bicyclic) bond motifs is 1. The molecule has 2 heteroatoms. The Morgan fingerprint density at radius 1 is 1.39 bits per heavy atom. The van der Waals surface area contributed by atoms with E-state index in [1.807, 2.05) is 0 Å². The van der Waals surface area contributed by atoms with Gasteiger partial charge in [0.05, 0.1) is 6.10 Å². The predicted molar refractivity (Wildman–Crippen MR) is 73.9 cm³/mol. The van der Waals surface area contributed by atoms with Gasteiger partial charge in [-0.25, -0.2) is 0 Å². The molecule has 1 aromatic carbocycles. The van der Waals surface area contributed by atoms with Crippen molar-refractivity contribution in [1.29, 1.82) is 0 Å². The highest BCUT2D eigenvalue weighted by atomic mass is 16.5. The molecule has 1 aliphatic heterocycles. The summed E-state index contributed by atoms with van der Waals surface area (Å²) in [5.74, 6) is 1.44. The largest absolute Gasteiger partial charge is 0.378 e. The number of ether oxygens (including phenoxy) is 1. The van der Waals surface area contributed by atoms with Crippen molar-refractivity contribution in [3.05, 3.63) is 35.4 Å². The molecule has 1 heterocycles. The first-order valence-electron chi connectivity index (χ1n) is 7.16. The average molecular weight is 245 g/mol.